The zero-order valence-electron chi connectivity index (χ0n) is 8.50. The maximum atomic E-state index is 7.38. The molecule has 2 nitrogen and oxygen atoms in total. The molecule has 0 bridgehead atoms. The predicted octanol–water partition coefficient (Wildman–Crippen LogP) is 3.09. The van der Waals surface area contributed by atoms with E-state index in [9.17, 15) is 0 Å². The van der Waals surface area contributed by atoms with Gasteiger partial charge < -0.3 is 5.73 Å². The van der Waals surface area contributed by atoms with Gasteiger partial charge in [0.2, 0.25) is 0 Å². The summed E-state index contributed by atoms with van der Waals surface area (Å²) in [6.07, 6.45) is 0. The topological polar surface area (TPSA) is 49.9 Å². The molecule has 16 heavy (non-hydrogen) atoms. The molecule has 0 aliphatic rings. The Morgan fingerprint density at radius 2 is 2.00 bits per heavy atom. The Bertz CT molecular complexity index is 535. The van der Waals surface area contributed by atoms with E-state index in [2.05, 4.69) is 6.07 Å². The molecule has 0 fully saturated rings. The fourth-order valence-corrected chi connectivity index (χ4v) is 1.71. The van der Waals surface area contributed by atoms with E-state index >= 15 is 0 Å². The van der Waals surface area contributed by atoms with Crippen molar-refractivity contribution in [3.8, 4) is 11.1 Å². The Morgan fingerprint density at radius 3 is 2.69 bits per heavy atom. The molecule has 0 aliphatic carbocycles. The molecule has 0 atom stereocenters. The Morgan fingerprint density at radius 1 is 1.25 bits per heavy atom. The highest BCUT2D eigenvalue weighted by Crippen LogP contribution is 2.27. The highest BCUT2D eigenvalue weighted by molar-refractivity contribution is 6.33. The zero-order valence-corrected chi connectivity index (χ0v) is 9.25. The maximum Gasteiger partial charge on any atom is 0.122 e. The number of benzene rings is 2. The van der Waals surface area contributed by atoms with Crippen LogP contribution in [0.1, 0.15) is 5.56 Å². The minimum Gasteiger partial charge on any atom is -0.384 e. The van der Waals surface area contributed by atoms with E-state index in [0.717, 1.165) is 11.1 Å². The molecule has 1 radical (unpaired) electrons. The van der Waals surface area contributed by atoms with Crippen LogP contribution in [0.3, 0.4) is 0 Å². The summed E-state index contributed by atoms with van der Waals surface area (Å²) in [6, 6.07) is 15.9. The summed E-state index contributed by atoms with van der Waals surface area (Å²) in [5.41, 5.74) is 7.85. The van der Waals surface area contributed by atoms with Crippen LogP contribution in [0, 0.1) is 11.5 Å². The van der Waals surface area contributed by atoms with Gasteiger partial charge in [-0.3, -0.25) is 5.41 Å². The van der Waals surface area contributed by atoms with E-state index in [1.165, 1.54) is 0 Å². The van der Waals surface area contributed by atoms with Crippen molar-refractivity contribution in [1.29, 1.82) is 5.41 Å². The number of hydrogen-bond acceptors (Lipinski definition) is 1. The van der Waals surface area contributed by atoms with Crippen molar-refractivity contribution in [2.75, 3.05) is 0 Å². The summed E-state index contributed by atoms with van der Waals surface area (Å²) < 4.78 is 0. The monoisotopic (exact) mass is 229 g/mol. The molecule has 0 saturated carbocycles. The second-order valence-electron chi connectivity index (χ2n) is 3.38. The number of nitrogen functional groups attached to an aromatic ring is 1. The van der Waals surface area contributed by atoms with E-state index in [1.807, 2.05) is 30.3 Å². The Kier molecular flexibility index (Phi) is 2.93. The first kappa shape index (κ1) is 10.7. The number of nitrogens with two attached hydrogens (primary N) is 1. The smallest absolute Gasteiger partial charge is 0.122 e. The summed E-state index contributed by atoms with van der Waals surface area (Å²) in [5.74, 6) is 0.0438. The molecule has 3 N–H and O–H groups in total. The predicted molar refractivity (Wildman–Crippen MR) is 66.7 cm³/mol. The molecule has 0 heterocycles. The SMILES string of the molecule is N=C(N)c1cc[c]c(-c2ccccc2Cl)c1. The third-order valence-corrected chi connectivity index (χ3v) is 2.61. The fraction of sp³-hybridized carbons (Fsp3) is 0. The highest BCUT2D eigenvalue weighted by atomic mass is 35.5. The molecular formula is C13H10ClN2. The second-order valence-corrected chi connectivity index (χ2v) is 3.79. The van der Waals surface area contributed by atoms with Crippen molar-refractivity contribution >= 4 is 17.4 Å². The van der Waals surface area contributed by atoms with Crippen LogP contribution in [0.5, 0.6) is 0 Å². The van der Waals surface area contributed by atoms with Crippen molar-refractivity contribution in [2.24, 2.45) is 5.73 Å². The first-order valence-electron chi connectivity index (χ1n) is 4.79. The van der Waals surface area contributed by atoms with E-state index in [0.29, 0.717) is 10.6 Å². The molecule has 0 saturated heterocycles. The van der Waals surface area contributed by atoms with Crippen molar-refractivity contribution in [3.63, 3.8) is 0 Å². The third-order valence-electron chi connectivity index (χ3n) is 2.28. The Labute approximate surface area is 99.2 Å². The second kappa shape index (κ2) is 4.37. The quantitative estimate of drug-likeness (QED) is 0.604. The minimum atomic E-state index is 0.0438. The minimum absolute atomic E-state index is 0.0438. The van der Waals surface area contributed by atoms with E-state index in [-0.39, 0.29) is 5.84 Å². The van der Waals surface area contributed by atoms with Crippen LogP contribution in [0.25, 0.3) is 11.1 Å². The summed E-state index contributed by atoms with van der Waals surface area (Å²) in [6.45, 7) is 0. The molecule has 0 unspecified atom stereocenters. The summed E-state index contributed by atoms with van der Waals surface area (Å²) >= 11 is 6.09. The molecule has 2 aromatic rings. The van der Waals surface area contributed by atoms with Gasteiger partial charge in [0.15, 0.2) is 0 Å². The lowest BCUT2D eigenvalue weighted by Crippen LogP contribution is -2.10. The Balaban J connectivity index is 2.53. The maximum absolute atomic E-state index is 7.38. The van der Waals surface area contributed by atoms with Crippen molar-refractivity contribution in [3.05, 3.63) is 59.1 Å². The van der Waals surface area contributed by atoms with Crippen molar-refractivity contribution < 1.29 is 0 Å². The van der Waals surface area contributed by atoms with Crippen LogP contribution >= 0.6 is 11.6 Å². The molecule has 2 aromatic carbocycles. The van der Waals surface area contributed by atoms with E-state index in [4.69, 9.17) is 22.7 Å². The van der Waals surface area contributed by atoms with Crippen LogP contribution in [0.2, 0.25) is 5.02 Å². The third kappa shape index (κ3) is 2.07. The van der Waals surface area contributed by atoms with Gasteiger partial charge in [0, 0.05) is 16.1 Å². The van der Waals surface area contributed by atoms with Crippen LogP contribution in [-0.4, -0.2) is 5.84 Å². The molecule has 2 rings (SSSR count). The number of halogens is 1. The summed E-state index contributed by atoms with van der Waals surface area (Å²) in [7, 11) is 0. The van der Waals surface area contributed by atoms with Crippen molar-refractivity contribution in [2.45, 2.75) is 0 Å². The first-order chi connectivity index (χ1) is 7.68. The normalized spacial score (nSPS) is 10.1. The molecule has 0 aromatic heterocycles. The molecule has 79 valence electrons. The summed E-state index contributed by atoms with van der Waals surface area (Å²) in [5, 5.41) is 8.05. The van der Waals surface area contributed by atoms with Gasteiger partial charge in [-0.15, -0.1) is 0 Å². The van der Waals surface area contributed by atoms with Crippen LogP contribution in [0.15, 0.2) is 42.5 Å². The van der Waals surface area contributed by atoms with Crippen LogP contribution in [-0.2, 0) is 0 Å². The van der Waals surface area contributed by atoms with Crippen LogP contribution in [0.4, 0.5) is 0 Å². The van der Waals surface area contributed by atoms with Gasteiger partial charge in [0.25, 0.3) is 0 Å². The van der Waals surface area contributed by atoms with Gasteiger partial charge in [-0.2, -0.15) is 0 Å². The number of nitrogens with one attached hydrogen (secondary N) is 1. The summed E-state index contributed by atoms with van der Waals surface area (Å²) in [4.78, 5) is 0. The van der Waals surface area contributed by atoms with Crippen molar-refractivity contribution in [1.82, 2.24) is 0 Å². The number of hydrogen-bond donors (Lipinski definition) is 2. The molecule has 0 aliphatic heterocycles. The zero-order chi connectivity index (χ0) is 11.5. The van der Waals surface area contributed by atoms with Gasteiger partial charge in [-0.25, -0.2) is 0 Å². The average Bonchev–Trinajstić information content (AvgIpc) is 2.30. The molecule has 0 amide bonds. The average molecular weight is 230 g/mol. The van der Waals surface area contributed by atoms with E-state index in [1.54, 1.807) is 12.1 Å². The van der Waals surface area contributed by atoms with Gasteiger partial charge >= 0.3 is 0 Å². The lowest BCUT2D eigenvalue weighted by molar-refractivity contribution is 1.42. The van der Waals surface area contributed by atoms with Gasteiger partial charge in [0.05, 0.1) is 0 Å². The largest absolute Gasteiger partial charge is 0.384 e. The first-order valence-corrected chi connectivity index (χ1v) is 5.17. The van der Waals surface area contributed by atoms with Gasteiger partial charge in [-0.05, 0) is 23.8 Å². The molecule has 0 spiro atoms. The molecule has 3 heteroatoms. The molecular weight excluding hydrogens is 220 g/mol. The van der Waals surface area contributed by atoms with E-state index < -0.39 is 0 Å². The fourth-order valence-electron chi connectivity index (χ4n) is 1.47. The van der Waals surface area contributed by atoms with Gasteiger partial charge in [-0.1, -0.05) is 41.9 Å². The highest BCUT2D eigenvalue weighted by Gasteiger charge is 2.04. The van der Waals surface area contributed by atoms with Crippen LogP contribution < -0.4 is 5.73 Å². The Hall–Kier alpha value is -1.80. The lowest BCUT2D eigenvalue weighted by atomic mass is 10.0. The number of amidine groups is 1. The van der Waals surface area contributed by atoms with Gasteiger partial charge in [0.1, 0.15) is 5.84 Å². The number of rotatable bonds is 2. The standard InChI is InChI=1S/C13H10ClN2/c14-12-7-2-1-6-11(12)9-4-3-5-10(8-9)13(15)16/h1-3,5-8H,(H3,15,16). The lowest BCUT2D eigenvalue weighted by Gasteiger charge is -2.05.